The number of alkyl halides is 3. The SMILES string of the molecule is CCCCCCO[C@H]1CC[C@@H](O)[C@H](C(F)(F)F)O1. The summed E-state index contributed by atoms with van der Waals surface area (Å²) in [6.07, 6.45) is -4.59. The van der Waals surface area contributed by atoms with Gasteiger partial charge in [-0.25, -0.2) is 0 Å². The molecule has 0 radical (unpaired) electrons. The molecule has 1 heterocycles. The van der Waals surface area contributed by atoms with Crippen LogP contribution < -0.4 is 0 Å². The fourth-order valence-corrected chi connectivity index (χ4v) is 1.94. The van der Waals surface area contributed by atoms with Gasteiger partial charge in [-0.05, 0) is 12.8 Å². The van der Waals surface area contributed by atoms with Crippen LogP contribution in [0.3, 0.4) is 0 Å². The average molecular weight is 270 g/mol. The third-order valence-electron chi connectivity index (χ3n) is 2.97. The second kappa shape index (κ2) is 7.31. The van der Waals surface area contributed by atoms with Gasteiger partial charge in [0, 0.05) is 13.0 Å². The molecule has 3 nitrogen and oxygen atoms in total. The van der Waals surface area contributed by atoms with Gasteiger partial charge in [0.05, 0.1) is 6.10 Å². The first kappa shape index (κ1) is 15.7. The molecule has 1 rings (SSSR count). The molecule has 1 saturated heterocycles. The second-order valence-corrected chi connectivity index (χ2v) is 4.60. The Morgan fingerprint density at radius 2 is 1.94 bits per heavy atom. The van der Waals surface area contributed by atoms with Gasteiger partial charge in [-0.1, -0.05) is 26.2 Å². The lowest BCUT2D eigenvalue weighted by atomic mass is 10.0. The summed E-state index contributed by atoms with van der Waals surface area (Å²) in [4.78, 5) is 0. The normalized spacial score (nSPS) is 29.5. The summed E-state index contributed by atoms with van der Waals surface area (Å²) in [5, 5.41) is 9.26. The fraction of sp³-hybridized carbons (Fsp3) is 1.00. The van der Waals surface area contributed by atoms with Gasteiger partial charge in [0.1, 0.15) is 0 Å². The minimum absolute atomic E-state index is 0.0593. The lowest BCUT2D eigenvalue weighted by Crippen LogP contribution is -2.48. The summed E-state index contributed by atoms with van der Waals surface area (Å²) in [6, 6.07) is 0. The van der Waals surface area contributed by atoms with Crippen LogP contribution in [0, 0.1) is 0 Å². The van der Waals surface area contributed by atoms with Crippen LogP contribution in [0.1, 0.15) is 45.4 Å². The van der Waals surface area contributed by atoms with Crippen LogP contribution in [0.2, 0.25) is 0 Å². The van der Waals surface area contributed by atoms with Crippen molar-refractivity contribution in [3.8, 4) is 0 Å². The number of rotatable bonds is 6. The van der Waals surface area contributed by atoms with E-state index in [0.29, 0.717) is 13.0 Å². The number of halogens is 3. The monoisotopic (exact) mass is 270 g/mol. The molecule has 6 heteroatoms. The zero-order valence-electron chi connectivity index (χ0n) is 10.6. The molecule has 108 valence electrons. The zero-order chi connectivity index (χ0) is 13.6. The smallest absolute Gasteiger partial charge is 0.390 e. The van der Waals surface area contributed by atoms with Crippen molar-refractivity contribution >= 4 is 0 Å². The Labute approximate surface area is 105 Å². The maximum absolute atomic E-state index is 12.5. The summed E-state index contributed by atoms with van der Waals surface area (Å²) < 4.78 is 47.6. The third-order valence-corrected chi connectivity index (χ3v) is 2.97. The molecule has 0 saturated carbocycles. The molecule has 1 aliphatic rings. The number of hydrogen-bond acceptors (Lipinski definition) is 3. The van der Waals surface area contributed by atoms with Gasteiger partial charge < -0.3 is 14.6 Å². The van der Waals surface area contributed by atoms with Crippen molar-refractivity contribution < 1.29 is 27.8 Å². The van der Waals surface area contributed by atoms with Crippen LogP contribution in [0.4, 0.5) is 13.2 Å². The zero-order valence-corrected chi connectivity index (χ0v) is 10.6. The fourth-order valence-electron chi connectivity index (χ4n) is 1.94. The summed E-state index contributed by atoms with van der Waals surface area (Å²) in [5.41, 5.74) is 0. The topological polar surface area (TPSA) is 38.7 Å². The Hall–Kier alpha value is -0.330. The number of aliphatic hydroxyl groups is 1. The van der Waals surface area contributed by atoms with E-state index in [-0.39, 0.29) is 6.42 Å². The number of ether oxygens (including phenoxy) is 2. The van der Waals surface area contributed by atoms with Crippen molar-refractivity contribution in [1.82, 2.24) is 0 Å². The van der Waals surface area contributed by atoms with Crippen LogP contribution in [-0.4, -0.2) is 36.4 Å². The molecular formula is C12H21F3O3. The van der Waals surface area contributed by atoms with Gasteiger partial charge in [-0.15, -0.1) is 0 Å². The highest BCUT2D eigenvalue weighted by Crippen LogP contribution is 2.32. The maximum atomic E-state index is 12.5. The first-order valence-electron chi connectivity index (χ1n) is 6.47. The van der Waals surface area contributed by atoms with Crippen molar-refractivity contribution in [2.75, 3.05) is 6.61 Å². The highest BCUT2D eigenvalue weighted by molar-refractivity contribution is 4.81. The second-order valence-electron chi connectivity index (χ2n) is 4.60. The van der Waals surface area contributed by atoms with E-state index >= 15 is 0 Å². The van der Waals surface area contributed by atoms with Crippen molar-refractivity contribution in [3.05, 3.63) is 0 Å². The molecule has 0 spiro atoms. The van der Waals surface area contributed by atoms with Crippen molar-refractivity contribution in [3.63, 3.8) is 0 Å². The first-order chi connectivity index (χ1) is 8.45. The number of hydrogen-bond donors (Lipinski definition) is 1. The molecule has 1 fully saturated rings. The maximum Gasteiger partial charge on any atom is 0.417 e. The van der Waals surface area contributed by atoms with E-state index in [9.17, 15) is 18.3 Å². The molecule has 0 bridgehead atoms. The molecule has 0 aliphatic carbocycles. The molecule has 0 unspecified atom stereocenters. The largest absolute Gasteiger partial charge is 0.417 e. The summed E-state index contributed by atoms with van der Waals surface area (Å²) in [7, 11) is 0. The summed E-state index contributed by atoms with van der Waals surface area (Å²) >= 11 is 0. The highest BCUT2D eigenvalue weighted by atomic mass is 19.4. The molecule has 3 atom stereocenters. The Kier molecular flexibility index (Phi) is 6.38. The van der Waals surface area contributed by atoms with E-state index < -0.39 is 24.7 Å². The van der Waals surface area contributed by atoms with Gasteiger partial charge in [-0.2, -0.15) is 13.2 Å². The highest BCUT2D eigenvalue weighted by Gasteiger charge is 2.48. The Balaban J connectivity index is 2.27. The molecule has 0 aromatic carbocycles. The van der Waals surface area contributed by atoms with Crippen molar-refractivity contribution in [2.24, 2.45) is 0 Å². The minimum atomic E-state index is -4.54. The predicted octanol–water partition coefficient (Wildman–Crippen LogP) is 3.01. The third kappa shape index (κ3) is 5.12. The van der Waals surface area contributed by atoms with Gasteiger partial charge in [0.15, 0.2) is 12.4 Å². The van der Waals surface area contributed by atoms with E-state index in [1.807, 2.05) is 0 Å². The Morgan fingerprint density at radius 3 is 2.56 bits per heavy atom. The molecule has 0 aromatic heterocycles. The van der Waals surface area contributed by atoms with Crippen LogP contribution in [0.15, 0.2) is 0 Å². The van der Waals surface area contributed by atoms with Crippen LogP contribution >= 0.6 is 0 Å². The standard InChI is InChI=1S/C12H21F3O3/c1-2-3-4-5-8-17-10-7-6-9(16)11(18-10)12(13,14)15/h9-11,16H,2-8H2,1H3/t9-,10-,11-/m1/s1. The van der Waals surface area contributed by atoms with Crippen LogP contribution in [0.5, 0.6) is 0 Å². The lowest BCUT2D eigenvalue weighted by molar-refractivity contribution is -0.311. The molecule has 18 heavy (non-hydrogen) atoms. The van der Waals surface area contributed by atoms with Crippen molar-refractivity contribution in [2.45, 2.75) is 70.1 Å². The predicted molar refractivity (Wildman–Crippen MR) is 60.1 cm³/mol. The van der Waals surface area contributed by atoms with Crippen molar-refractivity contribution in [1.29, 1.82) is 0 Å². The van der Waals surface area contributed by atoms with Crippen LogP contribution in [0.25, 0.3) is 0 Å². The summed E-state index contributed by atoms with van der Waals surface area (Å²) in [6.45, 7) is 2.49. The molecule has 0 aromatic rings. The number of unbranched alkanes of at least 4 members (excludes halogenated alkanes) is 3. The number of aliphatic hydroxyl groups excluding tert-OH is 1. The lowest BCUT2D eigenvalue weighted by Gasteiger charge is -2.34. The van der Waals surface area contributed by atoms with E-state index in [1.54, 1.807) is 0 Å². The quantitative estimate of drug-likeness (QED) is 0.754. The van der Waals surface area contributed by atoms with Crippen LogP contribution in [-0.2, 0) is 9.47 Å². The van der Waals surface area contributed by atoms with E-state index in [1.165, 1.54) is 0 Å². The minimum Gasteiger partial charge on any atom is -0.390 e. The van der Waals surface area contributed by atoms with Gasteiger partial charge in [0.2, 0.25) is 0 Å². The van der Waals surface area contributed by atoms with Gasteiger partial charge in [-0.3, -0.25) is 0 Å². The molecule has 1 N–H and O–H groups in total. The average Bonchev–Trinajstić information content (AvgIpc) is 2.29. The molecular weight excluding hydrogens is 249 g/mol. The first-order valence-corrected chi connectivity index (χ1v) is 6.47. The van der Waals surface area contributed by atoms with Gasteiger partial charge >= 0.3 is 6.18 Å². The summed E-state index contributed by atoms with van der Waals surface area (Å²) in [5.74, 6) is 0. The molecule has 0 amide bonds. The Bertz CT molecular complexity index is 233. The van der Waals surface area contributed by atoms with E-state index in [0.717, 1.165) is 25.7 Å². The van der Waals surface area contributed by atoms with E-state index in [2.05, 4.69) is 6.92 Å². The Morgan fingerprint density at radius 1 is 1.22 bits per heavy atom. The van der Waals surface area contributed by atoms with E-state index in [4.69, 9.17) is 9.47 Å². The van der Waals surface area contributed by atoms with Gasteiger partial charge in [0.25, 0.3) is 0 Å². The molecule has 1 aliphatic heterocycles.